The number of hydrogen-bond donors (Lipinski definition) is 0. The third-order valence-corrected chi connectivity index (χ3v) is 6.31. The quantitative estimate of drug-likeness (QED) is 0.613. The Hall–Kier alpha value is -1.08. The van der Waals surface area contributed by atoms with Crippen molar-refractivity contribution >= 4 is 53.3 Å². The molecule has 0 bridgehead atoms. The summed E-state index contributed by atoms with van der Waals surface area (Å²) >= 11 is 7.47. The number of halogens is 2. The van der Waals surface area contributed by atoms with Crippen LogP contribution in [0.25, 0.3) is 0 Å². The Morgan fingerprint density at radius 3 is 2.59 bits per heavy atom. The van der Waals surface area contributed by atoms with Gasteiger partial charge in [-0.1, -0.05) is 0 Å². The molecule has 2 aromatic rings. The number of benzene rings is 1. The highest BCUT2D eigenvalue weighted by Crippen LogP contribution is 2.39. The largest absolute Gasteiger partial charge is 0.490 e. The van der Waals surface area contributed by atoms with Gasteiger partial charge in [0.2, 0.25) is 0 Å². The van der Waals surface area contributed by atoms with E-state index in [1.54, 1.807) is 13.0 Å². The fourth-order valence-electron chi connectivity index (χ4n) is 1.56. The molecule has 0 saturated heterocycles. The fraction of sp³-hybridized carbons (Fsp3) is 0.154. The van der Waals surface area contributed by atoms with Crippen molar-refractivity contribution in [1.82, 2.24) is 0 Å². The molecule has 1 aromatic carbocycles. The van der Waals surface area contributed by atoms with Gasteiger partial charge in [0.25, 0.3) is 0 Å². The van der Waals surface area contributed by atoms with Crippen LogP contribution in [0, 0.1) is 11.3 Å². The van der Waals surface area contributed by atoms with Gasteiger partial charge in [-0.15, -0.1) is 11.3 Å². The van der Waals surface area contributed by atoms with E-state index in [1.165, 1.54) is 18.2 Å². The second-order valence-electron chi connectivity index (χ2n) is 3.93. The first-order valence-corrected chi connectivity index (χ1v) is 9.74. The lowest BCUT2D eigenvalue weighted by molar-refractivity contribution is 0.327. The van der Waals surface area contributed by atoms with Gasteiger partial charge < -0.3 is 8.92 Å². The van der Waals surface area contributed by atoms with Gasteiger partial charge >= 0.3 is 10.1 Å². The summed E-state index contributed by atoms with van der Waals surface area (Å²) in [7, 11) is -3.98. The second kappa shape index (κ2) is 7.00. The molecule has 0 amide bonds. The maximum absolute atomic E-state index is 12.3. The van der Waals surface area contributed by atoms with Crippen molar-refractivity contribution in [3.05, 3.63) is 38.1 Å². The van der Waals surface area contributed by atoms with Crippen molar-refractivity contribution in [3.63, 3.8) is 0 Å². The van der Waals surface area contributed by atoms with Crippen LogP contribution in [0.15, 0.2) is 36.7 Å². The van der Waals surface area contributed by atoms with Crippen molar-refractivity contribution in [2.45, 2.75) is 11.1 Å². The molecular weight excluding hydrogens is 458 g/mol. The van der Waals surface area contributed by atoms with E-state index < -0.39 is 10.1 Å². The molecule has 1 aromatic heterocycles. The zero-order chi connectivity index (χ0) is 16.3. The number of nitriles is 1. The molecule has 22 heavy (non-hydrogen) atoms. The Balaban J connectivity index is 2.47. The second-order valence-corrected chi connectivity index (χ2v) is 9.02. The molecule has 116 valence electrons. The first-order valence-electron chi connectivity index (χ1n) is 5.93. The lowest BCUT2D eigenvalue weighted by atomic mass is 10.2. The topological polar surface area (TPSA) is 76.4 Å². The zero-order valence-electron chi connectivity index (χ0n) is 11.2. The minimum Gasteiger partial charge on any atom is -0.490 e. The summed E-state index contributed by atoms with van der Waals surface area (Å²) in [5.74, 6) is 0.206. The molecule has 0 aliphatic rings. The van der Waals surface area contributed by atoms with E-state index in [4.69, 9.17) is 14.2 Å². The Morgan fingerprint density at radius 1 is 1.32 bits per heavy atom. The fourth-order valence-corrected chi connectivity index (χ4v) is 5.12. The molecule has 2 rings (SSSR count). The summed E-state index contributed by atoms with van der Waals surface area (Å²) in [5.41, 5.74) is 0.332. The Kier molecular flexibility index (Phi) is 5.50. The van der Waals surface area contributed by atoms with Gasteiger partial charge in [-0.3, -0.25) is 0 Å². The first-order chi connectivity index (χ1) is 10.4. The highest BCUT2D eigenvalue weighted by molar-refractivity contribution is 9.11. The van der Waals surface area contributed by atoms with Crippen molar-refractivity contribution in [2.24, 2.45) is 0 Å². The molecule has 0 aliphatic carbocycles. The van der Waals surface area contributed by atoms with E-state index in [9.17, 15) is 8.42 Å². The number of nitrogens with zero attached hydrogens (tertiary/aromatic N) is 1. The monoisotopic (exact) mass is 465 g/mol. The molecule has 0 spiro atoms. The van der Waals surface area contributed by atoms with Gasteiger partial charge in [-0.25, -0.2) is 0 Å². The van der Waals surface area contributed by atoms with Gasteiger partial charge in [0.15, 0.2) is 15.7 Å². The van der Waals surface area contributed by atoms with Crippen LogP contribution < -0.4 is 8.92 Å². The molecule has 0 saturated carbocycles. The van der Waals surface area contributed by atoms with E-state index >= 15 is 0 Å². The van der Waals surface area contributed by atoms with Crippen molar-refractivity contribution in [2.75, 3.05) is 6.61 Å². The normalized spacial score (nSPS) is 11.0. The van der Waals surface area contributed by atoms with Crippen LogP contribution in [0.1, 0.15) is 12.5 Å². The summed E-state index contributed by atoms with van der Waals surface area (Å²) in [4.78, 5) is 0. The number of hydrogen-bond acceptors (Lipinski definition) is 6. The van der Waals surface area contributed by atoms with Crippen LogP contribution in [-0.2, 0) is 10.1 Å². The highest BCUT2D eigenvalue weighted by atomic mass is 79.9. The highest BCUT2D eigenvalue weighted by Gasteiger charge is 2.23. The number of ether oxygens (including phenoxy) is 1. The minimum atomic E-state index is -3.98. The summed E-state index contributed by atoms with van der Waals surface area (Å²) in [6, 6.07) is 7.95. The summed E-state index contributed by atoms with van der Waals surface area (Å²) in [6.07, 6.45) is 0. The number of rotatable bonds is 5. The molecule has 0 atom stereocenters. The predicted octanol–water partition coefficient (Wildman–Crippen LogP) is 4.31. The van der Waals surface area contributed by atoms with Gasteiger partial charge in [0.1, 0.15) is 0 Å². The van der Waals surface area contributed by atoms with Crippen molar-refractivity contribution < 1.29 is 17.3 Å². The smallest absolute Gasteiger partial charge is 0.349 e. The average molecular weight is 467 g/mol. The molecule has 5 nitrogen and oxygen atoms in total. The SMILES string of the molecule is CCOc1cc(C#N)cc(Br)c1OS(=O)(=O)c1ccc(Br)s1. The van der Waals surface area contributed by atoms with Crippen molar-refractivity contribution in [1.29, 1.82) is 5.26 Å². The van der Waals surface area contributed by atoms with Crippen LogP contribution in [0.3, 0.4) is 0 Å². The average Bonchev–Trinajstić information content (AvgIpc) is 2.90. The third-order valence-electron chi connectivity index (χ3n) is 2.43. The summed E-state index contributed by atoms with van der Waals surface area (Å²) in [6.45, 7) is 2.06. The van der Waals surface area contributed by atoms with Crippen molar-refractivity contribution in [3.8, 4) is 17.6 Å². The summed E-state index contributed by atoms with van der Waals surface area (Å²) in [5, 5.41) is 8.97. The van der Waals surface area contributed by atoms with Gasteiger partial charge in [-0.05, 0) is 57.0 Å². The van der Waals surface area contributed by atoms with E-state index in [0.29, 0.717) is 20.4 Å². The van der Waals surface area contributed by atoms with Gasteiger partial charge in [-0.2, -0.15) is 13.7 Å². The minimum absolute atomic E-state index is 0.0189. The van der Waals surface area contributed by atoms with Gasteiger partial charge in [0.05, 0.1) is 26.5 Å². The van der Waals surface area contributed by atoms with E-state index in [2.05, 4.69) is 31.9 Å². The number of thiophene rings is 1. The summed E-state index contributed by atoms with van der Waals surface area (Å²) < 4.78 is 36.2. The maximum atomic E-state index is 12.3. The Bertz CT molecular complexity index is 840. The lowest BCUT2D eigenvalue weighted by Crippen LogP contribution is -2.10. The van der Waals surface area contributed by atoms with Crippen LogP contribution in [-0.4, -0.2) is 15.0 Å². The predicted molar refractivity (Wildman–Crippen MR) is 89.9 cm³/mol. The molecule has 0 N–H and O–H groups in total. The molecule has 0 aliphatic heterocycles. The zero-order valence-corrected chi connectivity index (χ0v) is 16.0. The maximum Gasteiger partial charge on any atom is 0.349 e. The first kappa shape index (κ1) is 17.3. The van der Waals surface area contributed by atoms with E-state index in [1.807, 2.05) is 6.07 Å². The van der Waals surface area contributed by atoms with Crippen LogP contribution in [0.5, 0.6) is 11.5 Å². The Labute approximate surface area is 148 Å². The lowest BCUT2D eigenvalue weighted by Gasteiger charge is -2.13. The van der Waals surface area contributed by atoms with Crippen LogP contribution in [0.4, 0.5) is 0 Å². The van der Waals surface area contributed by atoms with Crippen LogP contribution in [0.2, 0.25) is 0 Å². The third kappa shape index (κ3) is 3.81. The van der Waals surface area contributed by atoms with Crippen LogP contribution >= 0.6 is 43.2 Å². The molecule has 9 heteroatoms. The molecule has 0 unspecified atom stereocenters. The van der Waals surface area contributed by atoms with E-state index in [-0.39, 0.29) is 15.7 Å². The molecular formula is C13H9Br2NO4S2. The molecule has 1 heterocycles. The van der Waals surface area contributed by atoms with Gasteiger partial charge in [0, 0.05) is 6.07 Å². The molecule has 0 radical (unpaired) electrons. The standard InChI is InChI=1S/C13H9Br2NO4S2/c1-2-19-10-6-8(7-16)5-9(14)13(10)20-22(17,18)12-4-3-11(15)21-12/h3-6H,2H2,1H3. The molecule has 0 fully saturated rings. The van der Waals surface area contributed by atoms with E-state index in [0.717, 1.165) is 11.3 Å². The Morgan fingerprint density at radius 2 is 2.05 bits per heavy atom.